The number of alkyl halides is 1. The first kappa shape index (κ1) is 8.45. The molecule has 52 valence electrons. The molecule has 9 heavy (non-hydrogen) atoms. The van der Waals surface area contributed by atoms with Crippen LogP contribution in [-0.4, -0.2) is 19.8 Å². The van der Waals surface area contributed by atoms with Gasteiger partial charge in [0, 0.05) is 13.0 Å². The van der Waals surface area contributed by atoms with Gasteiger partial charge in [0.05, 0.1) is 0 Å². The minimum absolute atomic E-state index is 0.345. The van der Waals surface area contributed by atoms with Gasteiger partial charge in [-0.15, -0.1) is 11.8 Å². The van der Waals surface area contributed by atoms with Gasteiger partial charge in [-0.3, -0.25) is 0 Å². The number of hydrogen-bond acceptors (Lipinski definition) is 1. The Kier molecular flexibility index (Phi) is 5.24. The third-order valence-corrected chi connectivity index (χ3v) is 0.926. The second-order valence-corrected chi connectivity index (χ2v) is 1.79. The molecule has 0 radical (unpaired) electrons. The van der Waals surface area contributed by atoms with E-state index < -0.39 is 6.17 Å². The van der Waals surface area contributed by atoms with Crippen LogP contribution in [0.2, 0.25) is 0 Å². The second kappa shape index (κ2) is 5.58. The largest absolute Gasteiger partial charge is 0.317 e. The quantitative estimate of drug-likeness (QED) is 0.559. The minimum atomic E-state index is -0.817. The van der Waals surface area contributed by atoms with Crippen LogP contribution in [0.15, 0.2) is 0 Å². The summed E-state index contributed by atoms with van der Waals surface area (Å²) in [5.74, 6) is 5.31. The second-order valence-electron chi connectivity index (χ2n) is 1.79. The van der Waals surface area contributed by atoms with E-state index in [2.05, 4.69) is 17.2 Å². The van der Waals surface area contributed by atoms with E-state index in [-0.39, 0.29) is 0 Å². The highest BCUT2D eigenvalue weighted by atomic mass is 19.1. The molecule has 0 rings (SSSR count). The van der Waals surface area contributed by atoms with Crippen molar-refractivity contribution in [3.8, 4) is 11.8 Å². The van der Waals surface area contributed by atoms with Crippen molar-refractivity contribution in [2.45, 2.75) is 19.5 Å². The molecule has 0 bridgehead atoms. The maximum atomic E-state index is 12.4. The predicted octanol–water partition coefficient (Wildman–Crippen LogP) is 0.957. The molecule has 0 aromatic heterocycles. The molecule has 0 aliphatic rings. The Morgan fingerprint density at radius 3 is 2.78 bits per heavy atom. The summed E-state index contributed by atoms with van der Waals surface area (Å²) in [4.78, 5) is 0. The molecule has 1 nitrogen and oxygen atoms in total. The highest BCUT2D eigenvalue weighted by molar-refractivity contribution is 4.96. The van der Waals surface area contributed by atoms with Gasteiger partial charge in [-0.2, -0.15) is 0 Å². The van der Waals surface area contributed by atoms with Gasteiger partial charge in [0.25, 0.3) is 0 Å². The van der Waals surface area contributed by atoms with Crippen molar-refractivity contribution in [3.63, 3.8) is 0 Å². The maximum Gasteiger partial charge on any atom is 0.123 e. The Morgan fingerprint density at radius 1 is 1.67 bits per heavy atom. The molecule has 0 saturated carbocycles. The van der Waals surface area contributed by atoms with Crippen molar-refractivity contribution in [1.82, 2.24) is 5.32 Å². The fraction of sp³-hybridized carbons (Fsp3) is 0.714. The number of rotatable bonds is 3. The van der Waals surface area contributed by atoms with Crippen LogP contribution in [0.5, 0.6) is 0 Å². The lowest BCUT2D eigenvalue weighted by molar-refractivity contribution is 0.332. The van der Waals surface area contributed by atoms with Crippen molar-refractivity contribution >= 4 is 0 Å². The van der Waals surface area contributed by atoms with Gasteiger partial charge in [0.15, 0.2) is 0 Å². The topological polar surface area (TPSA) is 12.0 Å². The summed E-state index contributed by atoms with van der Waals surface area (Å²) >= 11 is 0. The van der Waals surface area contributed by atoms with Crippen LogP contribution in [0.1, 0.15) is 13.3 Å². The summed E-state index contributed by atoms with van der Waals surface area (Å²) in [5.41, 5.74) is 0. The van der Waals surface area contributed by atoms with E-state index in [0.29, 0.717) is 13.0 Å². The molecule has 0 aliphatic carbocycles. The van der Waals surface area contributed by atoms with Gasteiger partial charge in [0.2, 0.25) is 0 Å². The summed E-state index contributed by atoms with van der Waals surface area (Å²) in [6, 6.07) is 0. The van der Waals surface area contributed by atoms with Gasteiger partial charge >= 0.3 is 0 Å². The molecule has 0 amide bonds. The number of hydrogen-bond donors (Lipinski definition) is 1. The highest BCUT2D eigenvalue weighted by Gasteiger charge is 1.99. The van der Waals surface area contributed by atoms with Crippen LogP contribution in [-0.2, 0) is 0 Å². The van der Waals surface area contributed by atoms with Crippen molar-refractivity contribution in [2.24, 2.45) is 0 Å². The normalized spacial score (nSPS) is 11.9. The average Bonchev–Trinajstić information content (AvgIpc) is 1.85. The van der Waals surface area contributed by atoms with E-state index in [4.69, 9.17) is 0 Å². The first-order valence-electron chi connectivity index (χ1n) is 2.99. The highest BCUT2D eigenvalue weighted by Crippen LogP contribution is 1.92. The lowest BCUT2D eigenvalue weighted by atomic mass is 10.3. The van der Waals surface area contributed by atoms with Gasteiger partial charge in [-0.05, 0) is 14.0 Å². The van der Waals surface area contributed by atoms with E-state index in [9.17, 15) is 4.39 Å². The van der Waals surface area contributed by atoms with Crippen LogP contribution in [0.4, 0.5) is 4.39 Å². The molecule has 0 aromatic carbocycles. The third kappa shape index (κ3) is 5.32. The standard InChI is InChI=1S/C7H12FN/c1-3-4-5-7(8)6-9-2/h7,9H,5-6H2,1-2H3/t7-/m1/s1. The fourth-order valence-corrected chi connectivity index (χ4v) is 0.506. The Morgan fingerprint density at radius 2 is 2.33 bits per heavy atom. The number of halogens is 1. The lowest BCUT2D eigenvalue weighted by Crippen LogP contribution is -2.18. The molecule has 0 heterocycles. The molecular weight excluding hydrogens is 117 g/mol. The van der Waals surface area contributed by atoms with Crippen molar-refractivity contribution < 1.29 is 4.39 Å². The van der Waals surface area contributed by atoms with Gasteiger partial charge < -0.3 is 5.32 Å². The molecule has 0 fully saturated rings. The van der Waals surface area contributed by atoms with E-state index in [1.165, 1.54) is 0 Å². The van der Waals surface area contributed by atoms with E-state index >= 15 is 0 Å². The molecule has 0 spiro atoms. The van der Waals surface area contributed by atoms with Gasteiger partial charge in [0.1, 0.15) is 6.17 Å². The van der Waals surface area contributed by atoms with E-state index in [0.717, 1.165) is 0 Å². The van der Waals surface area contributed by atoms with Crippen LogP contribution < -0.4 is 5.32 Å². The monoisotopic (exact) mass is 129 g/mol. The van der Waals surface area contributed by atoms with Crippen LogP contribution in [0, 0.1) is 11.8 Å². The van der Waals surface area contributed by atoms with Crippen LogP contribution in [0.25, 0.3) is 0 Å². The lowest BCUT2D eigenvalue weighted by Gasteiger charge is -2.00. The summed E-state index contributed by atoms with van der Waals surface area (Å²) in [6.45, 7) is 2.11. The summed E-state index contributed by atoms with van der Waals surface area (Å²) in [5, 5.41) is 2.73. The molecule has 0 aromatic rings. The summed E-state index contributed by atoms with van der Waals surface area (Å²) in [6.07, 6.45) is -0.473. The zero-order chi connectivity index (χ0) is 7.11. The van der Waals surface area contributed by atoms with Crippen LogP contribution in [0.3, 0.4) is 0 Å². The molecule has 0 aliphatic heterocycles. The SMILES string of the molecule is CC#CC[C@@H](F)CNC. The fourth-order valence-electron chi connectivity index (χ4n) is 0.506. The zero-order valence-corrected chi connectivity index (χ0v) is 5.87. The Labute approximate surface area is 55.6 Å². The molecule has 1 N–H and O–H groups in total. The first-order chi connectivity index (χ1) is 4.31. The van der Waals surface area contributed by atoms with E-state index in [1.807, 2.05) is 0 Å². The average molecular weight is 129 g/mol. The van der Waals surface area contributed by atoms with Gasteiger partial charge in [-0.25, -0.2) is 4.39 Å². The molecule has 0 unspecified atom stereocenters. The third-order valence-electron chi connectivity index (χ3n) is 0.926. The smallest absolute Gasteiger partial charge is 0.123 e. The summed E-state index contributed by atoms with van der Waals surface area (Å²) < 4.78 is 12.4. The molecule has 0 saturated heterocycles. The number of nitrogens with one attached hydrogen (secondary N) is 1. The van der Waals surface area contributed by atoms with Crippen molar-refractivity contribution in [2.75, 3.05) is 13.6 Å². The molecule has 1 atom stereocenters. The van der Waals surface area contributed by atoms with Crippen molar-refractivity contribution in [3.05, 3.63) is 0 Å². The minimum Gasteiger partial charge on any atom is -0.317 e. The van der Waals surface area contributed by atoms with E-state index in [1.54, 1.807) is 14.0 Å². The van der Waals surface area contributed by atoms with Gasteiger partial charge in [-0.1, -0.05) is 0 Å². The predicted molar refractivity (Wildman–Crippen MR) is 36.9 cm³/mol. The Bertz CT molecular complexity index is 112. The Balaban J connectivity index is 3.22. The molecular formula is C7H12FN. The van der Waals surface area contributed by atoms with Crippen molar-refractivity contribution in [1.29, 1.82) is 0 Å². The Hall–Kier alpha value is -0.550. The van der Waals surface area contributed by atoms with Crippen LogP contribution >= 0.6 is 0 Å². The summed E-state index contributed by atoms with van der Waals surface area (Å²) in [7, 11) is 1.73. The maximum absolute atomic E-state index is 12.4. The first-order valence-corrected chi connectivity index (χ1v) is 2.99. The zero-order valence-electron chi connectivity index (χ0n) is 5.87. The molecule has 2 heteroatoms.